The number of likely N-dealkylation sites (tertiary alicyclic amines) is 1. The molecule has 0 bridgehead atoms. The molecule has 0 spiro atoms. The third-order valence-corrected chi connectivity index (χ3v) is 5.38. The normalized spacial score (nSPS) is 20.9. The lowest BCUT2D eigenvalue weighted by Crippen LogP contribution is -2.42. The number of amides is 1. The van der Waals surface area contributed by atoms with Crippen molar-refractivity contribution in [1.82, 2.24) is 4.90 Å². The van der Waals surface area contributed by atoms with Crippen LogP contribution in [0.15, 0.2) is 48.5 Å². The van der Waals surface area contributed by atoms with E-state index in [2.05, 4.69) is 24.3 Å². The van der Waals surface area contributed by atoms with Gasteiger partial charge in [0, 0.05) is 18.5 Å². The van der Waals surface area contributed by atoms with Crippen LogP contribution >= 0.6 is 0 Å². The lowest BCUT2D eigenvalue weighted by atomic mass is 9.98. The molecule has 2 aromatic rings. The summed E-state index contributed by atoms with van der Waals surface area (Å²) in [5, 5.41) is 0. The Labute approximate surface area is 157 Å². The Morgan fingerprint density at radius 1 is 1.07 bits per heavy atom. The van der Waals surface area contributed by atoms with Gasteiger partial charge in [0.25, 0.3) is 0 Å². The van der Waals surface area contributed by atoms with Crippen LogP contribution in [0.1, 0.15) is 23.5 Å². The fourth-order valence-corrected chi connectivity index (χ4v) is 4.11. The van der Waals surface area contributed by atoms with Crippen LogP contribution in [0.3, 0.4) is 0 Å². The molecule has 2 atom stereocenters. The zero-order valence-electron chi connectivity index (χ0n) is 15.1. The summed E-state index contributed by atoms with van der Waals surface area (Å²) in [5.74, 6) is -0.481. The Morgan fingerprint density at radius 3 is 2.26 bits per heavy atom. The maximum atomic E-state index is 12.6. The first-order valence-electron chi connectivity index (χ1n) is 9.05. The molecule has 2 N–H and O–H groups in total. The van der Waals surface area contributed by atoms with Crippen LogP contribution in [0, 0.1) is 0 Å². The molecule has 6 heteroatoms. The van der Waals surface area contributed by atoms with Gasteiger partial charge in [0.2, 0.25) is 0 Å². The Bertz CT molecular complexity index is 836. The van der Waals surface area contributed by atoms with Gasteiger partial charge < -0.3 is 15.2 Å². The van der Waals surface area contributed by atoms with Crippen molar-refractivity contribution >= 4 is 12.1 Å². The molecule has 2 aromatic carbocycles. The number of fused-ring (bicyclic) bond motifs is 3. The van der Waals surface area contributed by atoms with Gasteiger partial charge in [-0.2, -0.15) is 0 Å². The lowest BCUT2D eigenvalue weighted by molar-refractivity contribution is -0.145. The minimum absolute atomic E-state index is 0.0193. The molecule has 1 amide bonds. The van der Waals surface area contributed by atoms with E-state index in [-0.39, 0.29) is 25.1 Å². The predicted octanol–water partition coefficient (Wildman–Crippen LogP) is 2.51. The average molecular weight is 366 g/mol. The molecule has 140 valence electrons. The summed E-state index contributed by atoms with van der Waals surface area (Å²) in [4.78, 5) is 26.0. The van der Waals surface area contributed by atoms with Crippen LogP contribution < -0.4 is 5.73 Å². The smallest absolute Gasteiger partial charge is 0.410 e. The van der Waals surface area contributed by atoms with Gasteiger partial charge in [-0.05, 0) is 28.7 Å². The molecule has 0 unspecified atom stereocenters. The first-order chi connectivity index (χ1) is 13.1. The first-order valence-corrected chi connectivity index (χ1v) is 9.05. The Hall–Kier alpha value is -2.86. The molecule has 0 saturated carbocycles. The van der Waals surface area contributed by atoms with Crippen molar-refractivity contribution in [2.45, 2.75) is 24.4 Å². The van der Waals surface area contributed by atoms with Gasteiger partial charge in [-0.25, -0.2) is 9.59 Å². The van der Waals surface area contributed by atoms with Gasteiger partial charge in [-0.15, -0.1) is 0 Å². The van der Waals surface area contributed by atoms with Gasteiger partial charge in [0.05, 0.1) is 7.11 Å². The van der Waals surface area contributed by atoms with E-state index in [9.17, 15) is 9.59 Å². The number of ether oxygens (including phenoxy) is 2. The maximum absolute atomic E-state index is 12.6. The second-order valence-corrected chi connectivity index (χ2v) is 6.99. The molecule has 1 aliphatic carbocycles. The fourth-order valence-electron chi connectivity index (χ4n) is 4.11. The molecule has 2 aliphatic rings. The van der Waals surface area contributed by atoms with Crippen LogP contribution in [-0.2, 0) is 14.3 Å². The number of nitrogens with two attached hydrogens (primary N) is 1. The molecule has 1 saturated heterocycles. The Kier molecular flexibility index (Phi) is 4.58. The highest BCUT2D eigenvalue weighted by molar-refractivity contribution is 5.82. The van der Waals surface area contributed by atoms with Crippen molar-refractivity contribution in [3.05, 3.63) is 59.7 Å². The van der Waals surface area contributed by atoms with Crippen molar-refractivity contribution in [2.75, 3.05) is 20.3 Å². The number of rotatable bonds is 3. The van der Waals surface area contributed by atoms with Crippen molar-refractivity contribution in [2.24, 2.45) is 5.73 Å². The summed E-state index contributed by atoms with van der Waals surface area (Å²) in [6.45, 7) is 0.503. The molecule has 0 aromatic heterocycles. The molecular weight excluding hydrogens is 344 g/mol. The van der Waals surface area contributed by atoms with E-state index in [0.717, 1.165) is 11.1 Å². The topological polar surface area (TPSA) is 81.9 Å². The molecular formula is C21H22N2O4. The summed E-state index contributed by atoms with van der Waals surface area (Å²) in [6.07, 6.45) is -0.142. The predicted molar refractivity (Wildman–Crippen MR) is 100 cm³/mol. The number of carbonyl (C=O) groups is 2. The van der Waals surface area contributed by atoms with Crippen molar-refractivity contribution in [1.29, 1.82) is 0 Å². The van der Waals surface area contributed by atoms with E-state index < -0.39 is 18.1 Å². The number of carbonyl (C=O) groups excluding carboxylic acids is 2. The lowest BCUT2D eigenvalue weighted by Gasteiger charge is -2.23. The summed E-state index contributed by atoms with van der Waals surface area (Å²) in [6, 6.07) is 15.4. The molecule has 0 radical (unpaired) electrons. The minimum atomic E-state index is -0.680. The highest BCUT2D eigenvalue weighted by Crippen LogP contribution is 2.44. The van der Waals surface area contributed by atoms with E-state index in [1.807, 2.05) is 24.3 Å². The van der Waals surface area contributed by atoms with Gasteiger partial charge in [-0.1, -0.05) is 48.5 Å². The second-order valence-electron chi connectivity index (χ2n) is 6.99. The van der Waals surface area contributed by atoms with Gasteiger partial charge in [-0.3, -0.25) is 4.90 Å². The summed E-state index contributed by atoms with van der Waals surface area (Å²) in [5.41, 5.74) is 10.6. The van der Waals surface area contributed by atoms with E-state index in [4.69, 9.17) is 15.2 Å². The van der Waals surface area contributed by atoms with Crippen molar-refractivity contribution in [3.8, 4) is 11.1 Å². The maximum Gasteiger partial charge on any atom is 0.410 e. The van der Waals surface area contributed by atoms with E-state index >= 15 is 0 Å². The largest absolute Gasteiger partial charge is 0.467 e. The third kappa shape index (κ3) is 3.06. The van der Waals surface area contributed by atoms with Crippen LogP contribution in [0.2, 0.25) is 0 Å². The molecule has 1 fully saturated rings. The minimum Gasteiger partial charge on any atom is -0.467 e. The highest BCUT2D eigenvalue weighted by atomic mass is 16.6. The Balaban J connectivity index is 1.52. The fraction of sp³-hybridized carbons (Fsp3) is 0.333. The van der Waals surface area contributed by atoms with Gasteiger partial charge in [0.15, 0.2) is 0 Å². The van der Waals surface area contributed by atoms with E-state index in [1.165, 1.54) is 23.1 Å². The Morgan fingerprint density at radius 2 is 1.67 bits per heavy atom. The summed E-state index contributed by atoms with van der Waals surface area (Å²) < 4.78 is 10.4. The molecule has 1 aliphatic heterocycles. The SMILES string of the molecule is COC(=O)[C@@H]1C[C@@H](N)CN1C(=O)OCC1c2ccccc2-c2ccccc21. The van der Waals surface area contributed by atoms with Gasteiger partial charge in [0.1, 0.15) is 12.6 Å². The van der Waals surface area contributed by atoms with Gasteiger partial charge >= 0.3 is 12.1 Å². The number of esters is 1. The number of benzene rings is 2. The zero-order valence-corrected chi connectivity index (χ0v) is 15.1. The molecule has 4 rings (SSSR count). The van der Waals surface area contributed by atoms with Crippen LogP contribution in [0.4, 0.5) is 4.79 Å². The number of nitrogens with zero attached hydrogens (tertiary/aromatic N) is 1. The number of hydrogen-bond donors (Lipinski definition) is 1. The van der Waals surface area contributed by atoms with Crippen LogP contribution in [0.25, 0.3) is 11.1 Å². The molecule has 6 nitrogen and oxygen atoms in total. The van der Waals surface area contributed by atoms with Crippen molar-refractivity contribution < 1.29 is 19.1 Å². The van der Waals surface area contributed by atoms with E-state index in [0.29, 0.717) is 6.42 Å². The van der Waals surface area contributed by atoms with Crippen molar-refractivity contribution in [3.63, 3.8) is 0 Å². The number of hydrogen-bond acceptors (Lipinski definition) is 5. The highest BCUT2D eigenvalue weighted by Gasteiger charge is 2.40. The number of methoxy groups -OCH3 is 1. The average Bonchev–Trinajstić information content (AvgIpc) is 3.24. The van der Waals surface area contributed by atoms with Crippen LogP contribution in [0.5, 0.6) is 0 Å². The molecule has 27 heavy (non-hydrogen) atoms. The first kappa shape index (κ1) is 17.5. The van der Waals surface area contributed by atoms with E-state index in [1.54, 1.807) is 0 Å². The second kappa shape index (κ2) is 7.04. The quantitative estimate of drug-likeness (QED) is 0.844. The third-order valence-electron chi connectivity index (χ3n) is 5.38. The zero-order chi connectivity index (χ0) is 19.0. The summed E-state index contributed by atoms with van der Waals surface area (Å²) in [7, 11) is 1.31. The summed E-state index contributed by atoms with van der Waals surface area (Å²) >= 11 is 0. The standard InChI is InChI=1S/C21H22N2O4/c1-26-20(24)19-10-13(22)11-23(19)21(25)27-12-18-16-8-4-2-6-14(16)15-7-3-5-9-17(15)18/h2-9,13,18-19H,10-12,22H2,1H3/t13-,19+/m1/s1. The monoisotopic (exact) mass is 366 g/mol. The van der Waals surface area contributed by atoms with Crippen LogP contribution in [-0.4, -0.2) is 49.3 Å². The molecule has 1 heterocycles.